The maximum atomic E-state index is 13.0. The summed E-state index contributed by atoms with van der Waals surface area (Å²) in [5.74, 6) is -1.24. The van der Waals surface area contributed by atoms with Crippen molar-refractivity contribution in [2.75, 3.05) is 19.6 Å². The molecule has 1 heterocycles. The molecule has 0 aliphatic carbocycles. The summed E-state index contributed by atoms with van der Waals surface area (Å²) in [4.78, 5) is 12.4. The van der Waals surface area contributed by atoms with Crippen LogP contribution in [0.25, 0.3) is 0 Å². The minimum absolute atomic E-state index is 0.295. The topological polar surface area (TPSA) is 32.3 Å². The van der Waals surface area contributed by atoms with Gasteiger partial charge in [-0.2, -0.15) is 0 Å². The van der Waals surface area contributed by atoms with E-state index in [-0.39, 0.29) is 6.04 Å². The van der Waals surface area contributed by atoms with Crippen molar-refractivity contribution in [1.29, 1.82) is 0 Å². The van der Waals surface area contributed by atoms with Crippen LogP contribution in [0.3, 0.4) is 0 Å². The van der Waals surface area contributed by atoms with Gasteiger partial charge in [-0.15, -0.1) is 0 Å². The number of amides is 1. The van der Waals surface area contributed by atoms with E-state index in [4.69, 9.17) is 0 Å². The molecular formula is C11H12F2N2O. The maximum absolute atomic E-state index is 13.0. The van der Waals surface area contributed by atoms with Gasteiger partial charge in [0.15, 0.2) is 0 Å². The summed E-state index contributed by atoms with van der Waals surface area (Å²) in [5.41, 5.74) is 0.483. The van der Waals surface area contributed by atoms with Crippen LogP contribution in [0.5, 0.6) is 0 Å². The van der Waals surface area contributed by atoms with Crippen LogP contribution >= 0.6 is 0 Å². The zero-order valence-electron chi connectivity index (χ0n) is 8.62. The molecule has 5 heteroatoms. The Balaban J connectivity index is 2.30. The molecule has 1 saturated heterocycles. The van der Waals surface area contributed by atoms with E-state index in [0.717, 1.165) is 6.07 Å². The Bertz CT molecular complexity index is 377. The average molecular weight is 226 g/mol. The summed E-state index contributed by atoms with van der Waals surface area (Å²) >= 11 is 0. The molecule has 0 spiro atoms. The van der Waals surface area contributed by atoms with Crippen LogP contribution in [0.4, 0.5) is 8.78 Å². The van der Waals surface area contributed by atoms with E-state index >= 15 is 0 Å². The van der Waals surface area contributed by atoms with E-state index in [1.54, 1.807) is 4.90 Å². The number of carbonyl (C=O) groups excluding carboxylic acids is 1. The Labute approximate surface area is 92.1 Å². The number of rotatable bonds is 2. The van der Waals surface area contributed by atoms with Crippen molar-refractivity contribution in [3.05, 3.63) is 35.4 Å². The second-order valence-electron chi connectivity index (χ2n) is 3.77. The third-order valence-electron chi connectivity index (χ3n) is 2.69. The van der Waals surface area contributed by atoms with E-state index in [2.05, 4.69) is 5.32 Å². The lowest BCUT2D eigenvalue weighted by Gasteiger charge is -2.33. The van der Waals surface area contributed by atoms with Gasteiger partial charge in [-0.05, 0) is 17.7 Å². The lowest BCUT2D eigenvalue weighted by molar-refractivity contribution is -0.121. The lowest BCUT2D eigenvalue weighted by atomic mass is 10.0. The Morgan fingerprint density at radius 2 is 2.00 bits per heavy atom. The highest BCUT2D eigenvalue weighted by Gasteiger charge is 2.23. The first kappa shape index (κ1) is 11.0. The molecule has 86 valence electrons. The fourth-order valence-electron chi connectivity index (χ4n) is 1.92. The number of hydrogen-bond donors (Lipinski definition) is 1. The van der Waals surface area contributed by atoms with Gasteiger partial charge in [-0.25, -0.2) is 8.78 Å². The number of nitrogens with zero attached hydrogens (tertiary/aromatic N) is 1. The smallest absolute Gasteiger partial charge is 0.210 e. The summed E-state index contributed by atoms with van der Waals surface area (Å²) in [6, 6.07) is 3.05. The summed E-state index contributed by atoms with van der Waals surface area (Å²) < 4.78 is 26.1. The second-order valence-corrected chi connectivity index (χ2v) is 3.77. The maximum Gasteiger partial charge on any atom is 0.210 e. The molecule has 0 saturated carbocycles. The van der Waals surface area contributed by atoms with E-state index in [0.29, 0.717) is 31.6 Å². The van der Waals surface area contributed by atoms with Crippen LogP contribution in [0.1, 0.15) is 11.6 Å². The first-order chi connectivity index (χ1) is 7.70. The number of halogens is 2. The van der Waals surface area contributed by atoms with Gasteiger partial charge in [-0.1, -0.05) is 0 Å². The Morgan fingerprint density at radius 1 is 1.31 bits per heavy atom. The predicted octanol–water partition coefficient (Wildman–Crippen LogP) is 1.07. The zero-order valence-corrected chi connectivity index (χ0v) is 8.62. The van der Waals surface area contributed by atoms with Crippen LogP contribution in [-0.2, 0) is 4.79 Å². The normalized spacial score (nSPS) is 20.9. The van der Waals surface area contributed by atoms with Gasteiger partial charge in [0.2, 0.25) is 6.41 Å². The number of benzene rings is 1. The van der Waals surface area contributed by atoms with Gasteiger partial charge in [0.05, 0.1) is 6.04 Å². The number of hydrogen-bond acceptors (Lipinski definition) is 2. The molecule has 1 aromatic carbocycles. The van der Waals surface area contributed by atoms with Gasteiger partial charge in [0, 0.05) is 25.7 Å². The fourth-order valence-corrected chi connectivity index (χ4v) is 1.92. The minimum atomic E-state index is -0.619. The van der Waals surface area contributed by atoms with Crippen molar-refractivity contribution >= 4 is 6.41 Å². The van der Waals surface area contributed by atoms with Crippen molar-refractivity contribution in [2.24, 2.45) is 0 Å². The highest BCUT2D eigenvalue weighted by atomic mass is 19.1. The number of carbonyl (C=O) groups is 1. The molecule has 0 bridgehead atoms. The van der Waals surface area contributed by atoms with Gasteiger partial charge >= 0.3 is 0 Å². The third-order valence-corrected chi connectivity index (χ3v) is 2.69. The summed E-state index contributed by atoms with van der Waals surface area (Å²) in [7, 11) is 0. The van der Waals surface area contributed by atoms with Crippen LogP contribution in [0, 0.1) is 11.6 Å². The molecule has 1 N–H and O–H groups in total. The van der Waals surface area contributed by atoms with Crippen LogP contribution in [0.15, 0.2) is 18.2 Å². The first-order valence-electron chi connectivity index (χ1n) is 5.08. The van der Waals surface area contributed by atoms with Crippen molar-refractivity contribution in [3.8, 4) is 0 Å². The fraction of sp³-hybridized carbons (Fsp3) is 0.364. The quantitative estimate of drug-likeness (QED) is 0.765. The molecule has 1 aliphatic heterocycles. The molecule has 1 amide bonds. The van der Waals surface area contributed by atoms with E-state index in [1.807, 2.05) is 0 Å². The van der Waals surface area contributed by atoms with Gasteiger partial charge < -0.3 is 10.2 Å². The molecule has 0 radical (unpaired) electrons. The van der Waals surface area contributed by atoms with Gasteiger partial charge in [0.25, 0.3) is 0 Å². The average Bonchev–Trinajstić information content (AvgIpc) is 2.27. The molecule has 1 unspecified atom stereocenters. The Morgan fingerprint density at radius 3 is 2.62 bits per heavy atom. The standard InChI is InChI=1S/C11H12F2N2O/c12-9-3-8(4-10(13)5-9)11-6-14-1-2-15(11)7-16/h3-5,7,11,14H,1-2,6H2. The zero-order chi connectivity index (χ0) is 11.5. The van der Waals surface area contributed by atoms with Crippen molar-refractivity contribution < 1.29 is 13.6 Å². The Kier molecular flexibility index (Phi) is 3.14. The largest absolute Gasteiger partial charge is 0.336 e. The minimum Gasteiger partial charge on any atom is -0.336 e. The molecule has 2 rings (SSSR count). The highest BCUT2D eigenvalue weighted by molar-refractivity contribution is 5.49. The predicted molar refractivity (Wildman–Crippen MR) is 54.7 cm³/mol. The molecule has 3 nitrogen and oxygen atoms in total. The van der Waals surface area contributed by atoms with Crippen molar-refractivity contribution in [2.45, 2.75) is 6.04 Å². The van der Waals surface area contributed by atoms with Crippen molar-refractivity contribution in [3.63, 3.8) is 0 Å². The second kappa shape index (κ2) is 4.57. The third kappa shape index (κ3) is 2.19. The summed E-state index contributed by atoms with van der Waals surface area (Å²) in [6.07, 6.45) is 0.717. The van der Waals surface area contributed by atoms with Crippen LogP contribution in [0.2, 0.25) is 0 Å². The number of piperazine rings is 1. The molecule has 16 heavy (non-hydrogen) atoms. The molecule has 1 aromatic rings. The van der Waals surface area contributed by atoms with Crippen LogP contribution < -0.4 is 5.32 Å². The molecule has 0 aromatic heterocycles. The molecule has 1 aliphatic rings. The van der Waals surface area contributed by atoms with E-state index < -0.39 is 11.6 Å². The molecule has 1 fully saturated rings. The first-order valence-corrected chi connectivity index (χ1v) is 5.08. The lowest BCUT2D eigenvalue weighted by Crippen LogP contribution is -2.45. The molecular weight excluding hydrogens is 214 g/mol. The summed E-state index contributed by atoms with van der Waals surface area (Å²) in [6.45, 7) is 1.76. The summed E-state index contributed by atoms with van der Waals surface area (Å²) in [5, 5.41) is 3.09. The number of nitrogens with one attached hydrogen (secondary N) is 1. The van der Waals surface area contributed by atoms with Crippen molar-refractivity contribution in [1.82, 2.24) is 10.2 Å². The monoisotopic (exact) mass is 226 g/mol. The van der Waals surface area contributed by atoms with E-state index in [1.165, 1.54) is 12.1 Å². The van der Waals surface area contributed by atoms with Gasteiger partial charge in [0.1, 0.15) is 11.6 Å². The van der Waals surface area contributed by atoms with Crippen LogP contribution in [-0.4, -0.2) is 30.9 Å². The highest BCUT2D eigenvalue weighted by Crippen LogP contribution is 2.22. The SMILES string of the molecule is O=CN1CCNCC1c1cc(F)cc(F)c1. The van der Waals surface area contributed by atoms with Gasteiger partial charge in [-0.3, -0.25) is 4.79 Å². The molecule has 1 atom stereocenters. The Hall–Kier alpha value is -1.49. The van der Waals surface area contributed by atoms with E-state index in [9.17, 15) is 13.6 Å².